The Kier molecular flexibility index (Phi) is 5.45. The standard InChI is InChI=1S/C15H22N2O3S/c1-12-6-7-13(14(16-12)17(18)19)20-10-15(11-21)8-4-2-3-5-9-15/h6-7,21H,2-5,8-11H2,1H3. The lowest BCUT2D eigenvalue weighted by molar-refractivity contribution is -0.390. The third-order valence-corrected chi connectivity index (χ3v) is 4.86. The molecule has 0 unspecified atom stereocenters. The van der Waals surface area contributed by atoms with Gasteiger partial charge < -0.3 is 14.9 Å². The van der Waals surface area contributed by atoms with Crippen molar-refractivity contribution in [3.05, 3.63) is 27.9 Å². The molecule has 2 rings (SSSR count). The lowest BCUT2D eigenvalue weighted by atomic mass is 9.83. The van der Waals surface area contributed by atoms with Crippen LogP contribution >= 0.6 is 12.6 Å². The van der Waals surface area contributed by atoms with Crippen molar-refractivity contribution in [3.63, 3.8) is 0 Å². The summed E-state index contributed by atoms with van der Waals surface area (Å²) in [4.78, 5) is 14.6. The van der Waals surface area contributed by atoms with E-state index in [9.17, 15) is 10.1 Å². The lowest BCUT2D eigenvalue weighted by Crippen LogP contribution is -2.30. The van der Waals surface area contributed by atoms with Crippen LogP contribution in [-0.2, 0) is 0 Å². The molecule has 1 heterocycles. The van der Waals surface area contributed by atoms with Crippen LogP contribution in [0.2, 0.25) is 0 Å². The number of aromatic nitrogens is 1. The van der Waals surface area contributed by atoms with E-state index in [2.05, 4.69) is 17.6 Å². The number of hydrogen-bond acceptors (Lipinski definition) is 5. The zero-order valence-electron chi connectivity index (χ0n) is 12.4. The number of rotatable bonds is 5. The van der Waals surface area contributed by atoms with Gasteiger partial charge in [0.05, 0.1) is 6.61 Å². The number of nitro groups is 1. The van der Waals surface area contributed by atoms with Gasteiger partial charge in [-0.2, -0.15) is 12.6 Å². The summed E-state index contributed by atoms with van der Waals surface area (Å²) in [6, 6.07) is 3.38. The molecule has 0 bridgehead atoms. The first-order chi connectivity index (χ1) is 10.1. The molecule has 0 saturated heterocycles. The fourth-order valence-corrected chi connectivity index (χ4v) is 3.24. The monoisotopic (exact) mass is 310 g/mol. The molecule has 0 aliphatic heterocycles. The van der Waals surface area contributed by atoms with E-state index in [0.717, 1.165) is 18.6 Å². The van der Waals surface area contributed by atoms with Crippen LogP contribution < -0.4 is 4.74 Å². The molecule has 1 aliphatic rings. The van der Waals surface area contributed by atoms with Crippen molar-refractivity contribution in [1.82, 2.24) is 4.98 Å². The van der Waals surface area contributed by atoms with Crippen molar-refractivity contribution in [2.75, 3.05) is 12.4 Å². The minimum Gasteiger partial charge on any atom is -0.485 e. The fraction of sp³-hybridized carbons (Fsp3) is 0.667. The highest BCUT2D eigenvalue weighted by Crippen LogP contribution is 2.37. The largest absolute Gasteiger partial charge is 0.485 e. The maximum absolute atomic E-state index is 11.1. The Labute approximate surface area is 130 Å². The number of nitrogens with zero attached hydrogens (tertiary/aromatic N) is 2. The summed E-state index contributed by atoms with van der Waals surface area (Å²) in [5.74, 6) is 0.814. The maximum atomic E-state index is 11.1. The smallest absolute Gasteiger partial charge is 0.406 e. The molecule has 1 aliphatic carbocycles. The average Bonchev–Trinajstić information content (AvgIpc) is 2.72. The Bertz CT molecular complexity index is 500. The van der Waals surface area contributed by atoms with E-state index in [1.807, 2.05) is 0 Å². The summed E-state index contributed by atoms with van der Waals surface area (Å²) >= 11 is 4.50. The highest BCUT2D eigenvalue weighted by Gasteiger charge is 2.31. The molecule has 0 radical (unpaired) electrons. The maximum Gasteiger partial charge on any atom is 0.406 e. The van der Waals surface area contributed by atoms with Crippen LogP contribution in [0.5, 0.6) is 5.75 Å². The summed E-state index contributed by atoms with van der Waals surface area (Å²) in [6.07, 6.45) is 7.01. The molecule has 1 fully saturated rings. The van der Waals surface area contributed by atoms with E-state index in [0.29, 0.717) is 12.3 Å². The van der Waals surface area contributed by atoms with Crippen LogP contribution in [0.3, 0.4) is 0 Å². The van der Waals surface area contributed by atoms with Crippen molar-refractivity contribution in [3.8, 4) is 5.75 Å². The summed E-state index contributed by atoms with van der Waals surface area (Å²) in [7, 11) is 0. The van der Waals surface area contributed by atoms with Crippen LogP contribution in [0.25, 0.3) is 0 Å². The second-order valence-electron chi connectivity index (χ2n) is 5.89. The van der Waals surface area contributed by atoms with Gasteiger partial charge in [-0.3, -0.25) is 0 Å². The highest BCUT2D eigenvalue weighted by atomic mass is 32.1. The van der Waals surface area contributed by atoms with E-state index < -0.39 is 4.92 Å². The Morgan fingerprint density at radius 3 is 2.57 bits per heavy atom. The van der Waals surface area contributed by atoms with Crippen molar-refractivity contribution < 1.29 is 9.66 Å². The van der Waals surface area contributed by atoms with Crippen LogP contribution in [0.1, 0.15) is 44.2 Å². The van der Waals surface area contributed by atoms with Crippen LogP contribution in [-0.4, -0.2) is 22.3 Å². The van der Waals surface area contributed by atoms with Gasteiger partial charge in [0.25, 0.3) is 0 Å². The number of hydrogen-bond donors (Lipinski definition) is 1. The molecule has 0 N–H and O–H groups in total. The molecule has 5 nitrogen and oxygen atoms in total. The Morgan fingerprint density at radius 2 is 2.00 bits per heavy atom. The topological polar surface area (TPSA) is 65.3 Å². The van der Waals surface area contributed by atoms with Crippen LogP contribution in [0, 0.1) is 22.5 Å². The zero-order valence-corrected chi connectivity index (χ0v) is 13.3. The Hall–Kier alpha value is -1.30. The van der Waals surface area contributed by atoms with E-state index >= 15 is 0 Å². The van der Waals surface area contributed by atoms with Gasteiger partial charge in [0, 0.05) is 12.3 Å². The van der Waals surface area contributed by atoms with Gasteiger partial charge in [0.15, 0.2) is 0 Å². The normalized spacial score (nSPS) is 18.0. The summed E-state index contributed by atoms with van der Waals surface area (Å²) < 4.78 is 5.79. The molecule has 1 aromatic rings. The average molecular weight is 310 g/mol. The first kappa shape index (κ1) is 16.1. The molecule has 6 heteroatoms. The zero-order chi connectivity index (χ0) is 15.3. The van der Waals surface area contributed by atoms with Gasteiger partial charge in [-0.05, 0) is 40.6 Å². The predicted octanol–water partition coefficient (Wildman–Crippen LogP) is 3.95. The quantitative estimate of drug-likeness (QED) is 0.387. The van der Waals surface area contributed by atoms with Crippen molar-refractivity contribution >= 4 is 18.4 Å². The van der Waals surface area contributed by atoms with Gasteiger partial charge in [0.2, 0.25) is 5.75 Å². The minimum absolute atomic E-state index is 0.0262. The van der Waals surface area contributed by atoms with E-state index in [1.54, 1.807) is 19.1 Å². The second-order valence-corrected chi connectivity index (χ2v) is 6.21. The van der Waals surface area contributed by atoms with Crippen LogP contribution in [0.15, 0.2) is 12.1 Å². The molecule has 0 atom stereocenters. The van der Waals surface area contributed by atoms with Gasteiger partial charge in [-0.15, -0.1) is 0 Å². The van der Waals surface area contributed by atoms with Gasteiger partial charge >= 0.3 is 5.82 Å². The first-order valence-electron chi connectivity index (χ1n) is 7.42. The third-order valence-electron chi connectivity index (χ3n) is 4.18. The Balaban J connectivity index is 2.12. The predicted molar refractivity (Wildman–Crippen MR) is 85.1 cm³/mol. The third kappa shape index (κ3) is 4.09. The van der Waals surface area contributed by atoms with Gasteiger partial charge in [-0.1, -0.05) is 25.7 Å². The molecule has 0 aromatic carbocycles. The van der Waals surface area contributed by atoms with Crippen molar-refractivity contribution in [2.24, 2.45) is 5.41 Å². The molecular weight excluding hydrogens is 288 g/mol. The summed E-state index contributed by atoms with van der Waals surface area (Å²) in [5.41, 5.74) is 0.644. The number of pyridine rings is 1. The highest BCUT2D eigenvalue weighted by molar-refractivity contribution is 7.80. The Morgan fingerprint density at radius 1 is 1.33 bits per heavy atom. The molecule has 1 aromatic heterocycles. The SMILES string of the molecule is Cc1ccc(OCC2(CS)CCCCCC2)c([N+](=O)[O-])n1. The molecule has 0 amide bonds. The van der Waals surface area contributed by atoms with Gasteiger partial charge in [0.1, 0.15) is 5.69 Å². The van der Waals surface area contributed by atoms with E-state index in [-0.39, 0.29) is 17.0 Å². The molecule has 21 heavy (non-hydrogen) atoms. The minimum atomic E-state index is -0.483. The van der Waals surface area contributed by atoms with Crippen LogP contribution in [0.4, 0.5) is 5.82 Å². The number of thiol groups is 1. The van der Waals surface area contributed by atoms with E-state index in [4.69, 9.17) is 4.74 Å². The molecular formula is C15H22N2O3S. The van der Waals surface area contributed by atoms with E-state index in [1.165, 1.54) is 25.7 Å². The van der Waals surface area contributed by atoms with Crippen molar-refractivity contribution in [1.29, 1.82) is 0 Å². The van der Waals surface area contributed by atoms with Crippen molar-refractivity contribution in [2.45, 2.75) is 45.4 Å². The fourth-order valence-electron chi connectivity index (χ4n) is 2.83. The molecule has 1 saturated carbocycles. The first-order valence-corrected chi connectivity index (χ1v) is 8.05. The second kappa shape index (κ2) is 7.11. The summed E-state index contributed by atoms with van der Waals surface area (Å²) in [5, 5.41) is 11.1. The molecule has 0 spiro atoms. The lowest BCUT2D eigenvalue weighted by Gasteiger charge is -2.30. The van der Waals surface area contributed by atoms with Gasteiger partial charge in [-0.25, -0.2) is 0 Å². The summed E-state index contributed by atoms with van der Waals surface area (Å²) in [6.45, 7) is 2.21. The number of ether oxygens (including phenoxy) is 1. The molecule has 116 valence electrons. The number of aryl methyl sites for hydroxylation is 1.